The Labute approximate surface area is 290 Å². The van der Waals surface area contributed by atoms with Gasteiger partial charge in [-0.25, -0.2) is 15.0 Å². The van der Waals surface area contributed by atoms with Gasteiger partial charge in [-0.05, 0) is 78.9 Å². The lowest BCUT2D eigenvalue weighted by Gasteiger charge is -2.10. The molecular weight excluding hydrogens is 629 g/mol. The van der Waals surface area contributed by atoms with Crippen molar-refractivity contribution in [2.75, 3.05) is 0 Å². The summed E-state index contributed by atoms with van der Waals surface area (Å²) in [6.07, 6.45) is 0. The molecule has 7 aromatic carbocycles. The van der Waals surface area contributed by atoms with Crippen molar-refractivity contribution in [3.8, 4) is 39.9 Å². The average molecular weight is 655 g/mol. The van der Waals surface area contributed by atoms with Crippen molar-refractivity contribution in [1.29, 1.82) is 0 Å². The normalized spacial score (nSPS) is 11.9. The number of aromatic nitrogens is 4. The minimum absolute atomic E-state index is 0.571. The summed E-state index contributed by atoms with van der Waals surface area (Å²) in [5.41, 5.74) is 9.33. The molecule has 0 N–H and O–H groups in total. The Balaban J connectivity index is 1.14. The quantitative estimate of drug-likeness (QED) is 0.189. The van der Waals surface area contributed by atoms with E-state index in [0.29, 0.717) is 17.5 Å². The van der Waals surface area contributed by atoms with E-state index in [0.717, 1.165) is 82.7 Å². The molecule has 238 valence electrons. The standard InChI is InChI=1S/C45H26N4O2/c1-2-10-30(11-3-1)49-37-15-7-4-12-31(37)35-24-27(19-22-38(35)49)43-46-44(28-20-23-41-36(25-28)33-14-6-9-17-40(33)50-41)48-45(47-43)29-18-21-34-32-13-5-8-16-39(32)51-42(34)26-29/h1-26H. The van der Waals surface area contributed by atoms with Crippen LogP contribution in [0.25, 0.3) is 106 Å². The second-order valence-electron chi connectivity index (χ2n) is 12.8. The molecule has 51 heavy (non-hydrogen) atoms. The van der Waals surface area contributed by atoms with Crippen molar-refractivity contribution < 1.29 is 8.83 Å². The lowest BCUT2D eigenvalue weighted by Crippen LogP contribution is -2.00. The van der Waals surface area contributed by atoms with E-state index in [1.807, 2.05) is 60.7 Å². The molecule has 0 unspecified atom stereocenters. The van der Waals surface area contributed by atoms with Crippen molar-refractivity contribution in [2.24, 2.45) is 0 Å². The van der Waals surface area contributed by atoms with Gasteiger partial charge in [0.1, 0.15) is 22.3 Å². The molecule has 0 aliphatic rings. The van der Waals surface area contributed by atoms with Gasteiger partial charge in [0, 0.05) is 54.7 Å². The molecule has 11 aromatic rings. The minimum Gasteiger partial charge on any atom is -0.456 e. The van der Waals surface area contributed by atoms with E-state index in [9.17, 15) is 0 Å². The number of benzene rings is 7. The van der Waals surface area contributed by atoms with Gasteiger partial charge < -0.3 is 13.4 Å². The summed E-state index contributed by atoms with van der Waals surface area (Å²) >= 11 is 0. The molecular formula is C45H26N4O2. The molecule has 0 fully saturated rings. The molecule has 4 aromatic heterocycles. The predicted molar refractivity (Wildman–Crippen MR) is 205 cm³/mol. The fraction of sp³-hybridized carbons (Fsp3) is 0. The Morgan fingerprint density at radius 2 is 0.824 bits per heavy atom. The van der Waals surface area contributed by atoms with Gasteiger partial charge in [-0.15, -0.1) is 0 Å². The van der Waals surface area contributed by atoms with Crippen LogP contribution in [0.15, 0.2) is 167 Å². The van der Waals surface area contributed by atoms with E-state index in [4.69, 9.17) is 23.8 Å². The zero-order valence-corrected chi connectivity index (χ0v) is 27.1. The molecule has 11 rings (SSSR count). The summed E-state index contributed by atoms with van der Waals surface area (Å²) in [4.78, 5) is 15.4. The highest BCUT2D eigenvalue weighted by atomic mass is 16.3. The topological polar surface area (TPSA) is 69.9 Å². The third kappa shape index (κ3) is 4.33. The van der Waals surface area contributed by atoms with E-state index < -0.39 is 0 Å². The first-order valence-electron chi connectivity index (χ1n) is 16.9. The highest BCUT2D eigenvalue weighted by molar-refractivity contribution is 6.11. The monoisotopic (exact) mass is 654 g/mol. The molecule has 0 spiro atoms. The first-order chi connectivity index (χ1) is 25.2. The SMILES string of the molecule is c1ccc(-n2c3ccccc3c3cc(-c4nc(-c5ccc6c(c5)oc5ccccc56)nc(-c5ccc6oc7ccccc7c6c5)n4)ccc32)cc1. The van der Waals surface area contributed by atoms with Crippen LogP contribution in [0.5, 0.6) is 0 Å². The van der Waals surface area contributed by atoms with Gasteiger partial charge in [0.25, 0.3) is 0 Å². The van der Waals surface area contributed by atoms with Crippen LogP contribution in [0.2, 0.25) is 0 Å². The van der Waals surface area contributed by atoms with Crippen molar-refractivity contribution >= 4 is 65.7 Å². The third-order valence-corrected chi connectivity index (χ3v) is 9.85. The maximum absolute atomic E-state index is 6.27. The second kappa shape index (κ2) is 10.7. The van der Waals surface area contributed by atoms with Gasteiger partial charge in [0.2, 0.25) is 0 Å². The maximum Gasteiger partial charge on any atom is 0.164 e. The Kier molecular flexibility index (Phi) is 5.86. The first-order valence-corrected chi connectivity index (χ1v) is 16.9. The van der Waals surface area contributed by atoms with E-state index in [-0.39, 0.29) is 0 Å². The summed E-state index contributed by atoms with van der Waals surface area (Å²) in [5, 5.41) is 6.51. The highest BCUT2D eigenvalue weighted by Crippen LogP contribution is 2.37. The lowest BCUT2D eigenvalue weighted by molar-refractivity contribution is 0.668. The minimum atomic E-state index is 0.571. The summed E-state index contributed by atoms with van der Waals surface area (Å²) in [7, 11) is 0. The molecule has 6 heteroatoms. The Morgan fingerprint density at radius 3 is 1.57 bits per heavy atom. The molecule has 0 aliphatic carbocycles. The first kappa shape index (κ1) is 27.9. The van der Waals surface area contributed by atoms with Crippen LogP contribution in [-0.2, 0) is 0 Å². The molecule has 0 atom stereocenters. The van der Waals surface area contributed by atoms with E-state index in [1.54, 1.807) is 0 Å². The highest BCUT2D eigenvalue weighted by Gasteiger charge is 2.18. The largest absolute Gasteiger partial charge is 0.456 e. The number of furan rings is 2. The Hall–Kier alpha value is -7.05. The van der Waals surface area contributed by atoms with Crippen LogP contribution >= 0.6 is 0 Å². The van der Waals surface area contributed by atoms with Crippen LogP contribution in [0.1, 0.15) is 0 Å². The smallest absolute Gasteiger partial charge is 0.164 e. The molecule has 0 amide bonds. The van der Waals surface area contributed by atoms with Crippen LogP contribution < -0.4 is 0 Å². The van der Waals surface area contributed by atoms with Crippen molar-refractivity contribution in [1.82, 2.24) is 19.5 Å². The van der Waals surface area contributed by atoms with Gasteiger partial charge in [-0.1, -0.05) is 78.9 Å². The zero-order chi connectivity index (χ0) is 33.5. The molecule has 0 bridgehead atoms. The van der Waals surface area contributed by atoms with E-state index in [1.165, 1.54) is 5.39 Å². The molecule has 0 saturated heterocycles. The fourth-order valence-electron chi connectivity index (χ4n) is 7.46. The van der Waals surface area contributed by atoms with Crippen LogP contribution in [0.4, 0.5) is 0 Å². The van der Waals surface area contributed by atoms with Crippen LogP contribution in [0.3, 0.4) is 0 Å². The third-order valence-electron chi connectivity index (χ3n) is 9.85. The number of rotatable bonds is 4. The van der Waals surface area contributed by atoms with E-state index in [2.05, 4.69) is 102 Å². The Bertz CT molecular complexity index is 3150. The molecule has 0 radical (unpaired) electrons. The summed E-state index contributed by atoms with van der Waals surface area (Å²) in [5.74, 6) is 1.75. The molecule has 6 nitrogen and oxygen atoms in total. The fourth-order valence-corrected chi connectivity index (χ4v) is 7.46. The number of para-hydroxylation sites is 4. The Morgan fingerprint density at radius 1 is 0.333 bits per heavy atom. The van der Waals surface area contributed by atoms with Crippen LogP contribution in [-0.4, -0.2) is 19.5 Å². The van der Waals surface area contributed by atoms with Crippen LogP contribution in [0, 0.1) is 0 Å². The molecule has 0 saturated carbocycles. The summed E-state index contributed by atoms with van der Waals surface area (Å²) < 4.78 is 14.7. The number of fused-ring (bicyclic) bond motifs is 9. The predicted octanol–water partition coefficient (Wildman–Crippen LogP) is 11.8. The number of hydrogen-bond donors (Lipinski definition) is 0. The number of nitrogens with zero attached hydrogens (tertiary/aromatic N) is 4. The second-order valence-corrected chi connectivity index (χ2v) is 12.8. The average Bonchev–Trinajstić information content (AvgIpc) is 3.86. The van der Waals surface area contributed by atoms with Gasteiger partial charge >= 0.3 is 0 Å². The maximum atomic E-state index is 6.27. The number of hydrogen-bond acceptors (Lipinski definition) is 5. The van der Waals surface area contributed by atoms with Gasteiger partial charge in [0.15, 0.2) is 17.5 Å². The summed E-state index contributed by atoms with van der Waals surface area (Å²) in [6.45, 7) is 0. The molecule has 4 heterocycles. The lowest BCUT2D eigenvalue weighted by atomic mass is 10.1. The van der Waals surface area contributed by atoms with Crippen molar-refractivity contribution in [3.05, 3.63) is 158 Å². The summed E-state index contributed by atoms with van der Waals surface area (Å²) in [6, 6.07) is 54.0. The molecule has 0 aliphatic heterocycles. The zero-order valence-electron chi connectivity index (χ0n) is 27.1. The van der Waals surface area contributed by atoms with Gasteiger partial charge in [0.05, 0.1) is 11.0 Å². The van der Waals surface area contributed by atoms with Gasteiger partial charge in [-0.2, -0.15) is 0 Å². The van der Waals surface area contributed by atoms with E-state index >= 15 is 0 Å². The van der Waals surface area contributed by atoms with Gasteiger partial charge in [-0.3, -0.25) is 0 Å². The van der Waals surface area contributed by atoms with Crippen molar-refractivity contribution in [2.45, 2.75) is 0 Å². The van der Waals surface area contributed by atoms with Crippen molar-refractivity contribution in [3.63, 3.8) is 0 Å².